The van der Waals surface area contributed by atoms with Crippen LogP contribution < -0.4 is 5.32 Å². The zero-order chi connectivity index (χ0) is 13.2. The molecule has 0 aliphatic rings. The van der Waals surface area contributed by atoms with Crippen molar-refractivity contribution in [3.63, 3.8) is 0 Å². The molecule has 2 aromatic heterocycles. The van der Waals surface area contributed by atoms with Gasteiger partial charge in [0.2, 0.25) is 0 Å². The highest BCUT2D eigenvalue weighted by Crippen LogP contribution is 2.23. The normalized spacial score (nSPS) is 10.8. The molecule has 0 bridgehead atoms. The number of aromatic nitrogens is 3. The maximum Gasteiger partial charge on any atom is 0.157 e. The molecule has 96 valence electrons. The van der Waals surface area contributed by atoms with E-state index in [0.29, 0.717) is 5.88 Å². The van der Waals surface area contributed by atoms with Crippen molar-refractivity contribution in [3.05, 3.63) is 53.9 Å². The molecule has 1 aromatic carbocycles. The van der Waals surface area contributed by atoms with Gasteiger partial charge in [-0.15, -0.1) is 11.6 Å². The van der Waals surface area contributed by atoms with E-state index in [1.165, 1.54) is 0 Å². The Hall–Kier alpha value is -2.07. The molecule has 0 saturated carbocycles. The second kappa shape index (κ2) is 4.90. The first-order valence-corrected chi connectivity index (χ1v) is 6.52. The van der Waals surface area contributed by atoms with E-state index in [9.17, 15) is 0 Å². The lowest BCUT2D eigenvalue weighted by Crippen LogP contribution is -2.02. The van der Waals surface area contributed by atoms with Gasteiger partial charge in [-0.1, -0.05) is 18.2 Å². The lowest BCUT2D eigenvalue weighted by Gasteiger charge is -2.12. The highest BCUT2D eigenvalue weighted by molar-refractivity contribution is 6.17. The van der Waals surface area contributed by atoms with Gasteiger partial charge in [0, 0.05) is 11.6 Å². The molecule has 0 atom stereocenters. The molecular formula is C14H13ClN4. The fraction of sp³-hybridized carbons (Fsp3) is 0.143. The maximum absolute atomic E-state index is 5.95. The van der Waals surface area contributed by atoms with E-state index in [1.54, 1.807) is 10.8 Å². The van der Waals surface area contributed by atoms with Crippen molar-refractivity contribution >= 4 is 28.8 Å². The Morgan fingerprint density at radius 2 is 2.11 bits per heavy atom. The van der Waals surface area contributed by atoms with Crippen molar-refractivity contribution in [2.45, 2.75) is 12.8 Å². The van der Waals surface area contributed by atoms with Crippen LogP contribution in [0.25, 0.3) is 5.65 Å². The zero-order valence-electron chi connectivity index (χ0n) is 10.5. The number of nitrogens with zero attached hydrogens (tertiary/aromatic N) is 3. The molecule has 5 heteroatoms. The van der Waals surface area contributed by atoms with Crippen LogP contribution >= 0.6 is 11.6 Å². The molecule has 0 aliphatic heterocycles. The van der Waals surface area contributed by atoms with Gasteiger partial charge in [0.25, 0.3) is 0 Å². The number of anilines is 2. The van der Waals surface area contributed by atoms with Crippen molar-refractivity contribution in [3.8, 4) is 0 Å². The van der Waals surface area contributed by atoms with Crippen molar-refractivity contribution in [1.82, 2.24) is 14.6 Å². The summed E-state index contributed by atoms with van der Waals surface area (Å²) in [5, 5.41) is 7.59. The number of fused-ring (bicyclic) bond motifs is 1. The Labute approximate surface area is 116 Å². The topological polar surface area (TPSA) is 42.2 Å². The predicted octanol–water partition coefficient (Wildman–Crippen LogP) is 3.52. The smallest absolute Gasteiger partial charge is 0.157 e. The van der Waals surface area contributed by atoms with E-state index in [4.69, 9.17) is 11.6 Å². The van der Waals surface area contributed by atoms with Crippen LogP contribution in [0.2, 0.25) is 0 Å². The van der Waals surface area contributed by atoms with Gasteiger partial charge >= 0.3 is 0 Å². The number of rotatable bonds is 3. The molecule has 4 nitrogen and oxygen atoms in total. The third-order valence-electron chi connectivity index (χ3n) is 2.95. The summed E-state index contributed by atoms with van der Waals surface area (Å²) in [5.41, 5.74) is 4.00. The van der Waals surface area contributed by atoms with Crippen LogP contribution in [-0.4, -0.2) is 14.6 Å². The fourth-order valence-electron chi connectivity index (χ4n) is 2.04. The zero-order valence-corrected chi connectivity index (χ0v) is 11.2. The molecule has 19 heavy (non-hydrogen) atoms. The predicted molar refractivity (Wildman–Crippen MR) is 77.0 cm³/mol. The molecule has 0 unspecified atom stereocenters. The number of aryl methyl sites for hydroxylation is 1. The van der Waals surface area contributed by atoms with Crippen molar-refractivity contribution < 1.29 is 0 Å². The Morgan fingerprint density at radius 1 is 1.26 bits per heavy atom. The molecule has 2 heterocycles. The summed E-state index contributed by atoms with van der Waals surface area (Å²) >= 11 is 5.95. The lowest BCUT2D eigenvalue weighted by molar-refractivity contribution is 0.965. The molecule has 3 rings (SSSR count). The van der Waals surface area contributed by atoms with Crippen LogP contribution in [0.4, 0.5) is 11.5 Å². The number of hydrogen-bond acceptors (Lipinski definition) is 3. The minimum Gasteiger partial charge on any atom is -0.340 e. The van der Waals surface area contributed by atoms with Crippen molar-refractivity contribution in [2.24, 2.45) is 0 Å². The Bertz CT molecular complexity index is 720. The minimum atomic E-state index is 0.468. The largest absolute Gasteiger partial charge is 0.340 e. The summed E-state index contributed by atoms with van der Waals surface area (Å²) < 4.78 is 1.78. The summed E-state index contributed by atoms with van der Waals surface area (Å²) in [6.07, 6.45) is 1.55. The molecule has 0 fully saturated rings. The van der Waals surface area contributed by atoms with Gasteiger partial charge in [-0.05, 0) is 36.2 Å². The molecule has 0 amide bonds. The number of nitrogens with one attached hydrogen (secondary N) is 1. The van der Waals surface area contributed by atoms with Crippen molar-refractivity contribution in [2.75, 3.05) is 5.32 Å². The van der Waals surface area contributed by atoms with Crippen LogP contribution in [-0.2, 0) is 5.88 Å². The van der Waals surface area contributed by atoms with Gasteiger partial charge in [-0.25, -0.2) is 4.98 Å². The first-order valence-electron chi connectivity index (χ1n) is 5.99. The highest BCUT2D eigenvalue weighted by atomic mass is 35.5. The number of benzene rings is 1. The number of alkyl halides is 1. The summed E-state index contributed by atoms with van der Waals surface area (Å²) in [7, 11) is 0. The molecule has 3 aromatic rings. The van der Waals surface area contributed by atoms with E-state index in [2.05, 4.69) is 15.4 Å². The summed E-state index contributed by atoms with van der Waals surface area (Å²) in [5.74, 6) is 1.35. The van der Waals surface area contributed by atoms with Gasteiger partial charge in [0.1, 0.15) is 12.1 Å². The third kappa shape index (κ3) is 2.27. The number of hydrogen-bond donors (Lipinski definition) is 1. The molecule has 0 saturated heterocycles. The average Bonchev–Trinajstić information content (AvgIpc) is 2.87. The summed E-state index contributed by atoms with van der Waals surface area (Å²) in [6.45, 7) is 2.04. The average molecular weight is 273 g/mol. The Kier molecular flexibility index (Phi) is 3.09. The quantitative estimate of drug-likeness (QED) is 0.742. The maximum atomic E-state index is 5.95. The first-order chi connectivity index (χ1) is 9.28. The SMILES string of the molecule is Cc1cc(Nc2ccccc2CCl)n2ncnc2c1. The minimum absolute atomic E-state index is 0.468. The number of para-hydroxylation sites is 1. The van der Waals surface area contributed by atoms with E-state index in [0.717, 1.165) is 28.3 Å². The van der Waals surface area contributed by atoms with Crippen LogP contribution in [0.3, 0.4) is 0 Å². The third-order valence-corrected chi connectivity index (χ3v) is 3.24. The molecule has 0 aliphatic carbocycles. The van der Waals surface area contributed by atoms with E-state index >= 15 is 0 Å². The van der Waals surface area contributed by atoms with Gasteiger partial charge in [0.15, 0.2) is 5.65 Å². The van der Waals surface area contributed by atoms with Crippen LogP contribution in [0, 0.1) is 6.92 Å². The van der Waals surface area contributed by atoms with Crippen LogP contribution in [0.15, 0.2) is 42.7 Å². The molecule has 0 radical (unpaired) electrons. The van der Waals surface area contributed by atoms with Gasteiger partial charge in [-0.3, -0.25) is 0 Å². The van der Waals surface area contributed by atoms with Gasteiger partial charge < -0.3 is 5.32 Å². The standard InChI is InChI=1S/C14H13ClN4/c1-10-6-13-16-9-17-19(13)14(7-10)18-12-5-3-2-4-11(12)8-15/h2-7,9,18H,8H2,1H3. The first kappa shape index (κ1) is 12.0. The van der Waals surface area contributed by atoms with E-state index in [1.807, 2.05) is 43.3 Å². The monoisotopic (exact) mass is 272 g/mol. The van der Waals surface area contributed by atoms with Crippen LogP contribution in [0.1, 0.15) is 11.1 Å². The Balaban J connectivity index is 2.07. The second-order valence-electron chi connectivity index (χ2n) is 4.36. The summed E-state index contributed by atoms with van der Waals surface area (Å²) in [6, 6.07) is 12.0. The number of halogens is 1. The lowest BCUT2D eigenvalue weighted by atomic mass is 10.2. The fourth-order valence-corrected chi connectivity index (χ4v) is 2.28. The van der Waals surface area contributed by atoms with Crippen molar-refractivity contribution in [1.29, 1.82) is 0 Å². The molecular weight excluding hydrogens is 260 g/mol. The van der Waals surface area contributed by atoms with Gasteiger partial charge in [0.05, 0.1) is 0 Å². The van der Waals surface area contributed by atoms with E-state index in [-0.39, 0.29) is 0 Å². The second-order valence-corrected chi connectivity index (χ2v) is 4.63. The number of pyridine rings is 1. The van der Waals surface area contributed by atoms with Gasteiger partial charge in [-0.2, -0.15) is 9.61 Å². The van der Waals surface area contributed by atoms with E-state index < -0.39 is 0 Å². The molecule has 0 spiro atoms. The Morgan fingerprint density at radius 3 is 2.95 bits per heavy atom. The summed E-state index contributed by atoms with van der Waals surface area (Å²) in [4.78, 5) is 4.21. The molecule has 1 N–H and O–H groups in total. The van der Waals surface area contributed by atoms with Crippen LogP contribution in [0.5, 0.6) is 0 Å². The highest BCUT2D eigenvalue weighted by Gasteiger charge is 2.06.